The first-order chi connectivity index (χ1) is 9.93. The molecule has 1 rings (SSSR count). The topological polar surface area (TPSA) is 95.7 Å². The SMILES string of the molecule is CCS(=O)(=O)CCCOC(=O)CCOc1cccc(N)c1. The van der Waals surface area contributed by atoms with Gasteiger partial charge in [0.05, 0.1) is 25.4 Å². The minimum atomic E-state index is -3.00. The van der Waals surface area contributed by atoms with Crippen molar-refractivity contribution in [3.8, 4) is 5.75 Å². The van der Waals surface area contributed by atoms with Gasteiger partial charge in [-0.1, -0.05) is 13.0 Å². The van der Waals surface area contributed by atoms with Crippen LogP contribution in [0.5, 0.6) is 5.75 Å². The van der Waals surface area contributed by atoms with Crippen LogP contribution in [-0.4, -0.2) is 39.1 Å². The number of anilines is 1. The first kappa shape index (κ1) is 17.3. The second-order valence-corrected chi connectivity index (χ2v) is 6.95. The van der Waals surface area contributed by atoms with Crippen LogP contribution in [-0.2, 0) is 19.4 Å². The van der Waals surface area contributed by atoms with Crippen molar-refractivity contribution < 1.29 is 22.7 Å². The summed E-state index contributed by atoms with van der Waals surface area (Å²) in [6, 6.07) is 6.92. The van der Waals surface area contributed by atoms with E-state index in [-0.39, 0.29) is 31.1 Å². The Hall–Kier alpha value is -1.76. The second kappa shape index (κ2) is 8.51. The van der Waals surface area contributed by atoms with E-state index in [1.54, 1.807) is 31.2 Å². The summed E-state index contributed by atoms with van der Waals surface area (Å²) in [5.41, 5.74) is 6.19. The fraction of sp³-hybridized carbons (Fsp3) is 0.500. The zero-order valence-electron chi connectivity index (χ0n) is 12.1. The molecule has 0 amide bonds. The highest BCUT2D eigenvalue weighted by molar-refractivity contribution is 7.91. The lowest BCUT2D eigenvalue weighted by atomic mass is 10.3. The predicted octanol–water partition coefficient (Wildman–Crippen LogP) is 1.41. The van der Waals surface area contributed by atoms with Crippen LogP contribution in [0.1, 0.15) is 19.8 Å². The molecule has 7 heteroatoms. The number of nitrogen functional groups attached to an aromatic ring is 1. The van der Waals surface area contributed by atoms with Gasteiger partial charge in [0.15, 0.2) is 0 Å². The van der Waals surface area contributed by atoms with Gasteiger partial charge in [-0.25, -0.2) is 8.42 Å². The van der Waals surface area contributed by atoms with E-state index in [4.69, 9.17) is 15.2 Å². The number of nitrogens with two attached hydrogens (primary N) is 1. The average molecular weight is 315 g/mol. The first-order valence-corrected chi connectivity index (χ1v) is 8.59. The molecule has 0 spiro atoms. The van der Waals surface area contributed by atoms with Crippen molar-refractivity contribution in [2.45, 2.75) is 19.8 Å². The summed E-state index contributed by atoms with van der Waals surface area (Å²) in [6.45, 7) is 1.89. The quantitative estimate of drug-likeness (QED) is 0.420. The van der Waals surface area contributed by atoms with Crippen LogP contribution in [0.15, 0.2) is 24.3 Å². The van der Waals surface area contributed by atoms with Crippen LogP contribution < -0.4 is 10.5 Å². The van der Waals surface area contributed by atoms with Crippen molar-refractivity contribution in [1.82, 2.24) is 0 Å². The highest BCUT2D eigenvalue weighted by Crippen LogP contribution is 2.14. The Morgan fingerprint density at radius 3 is 2.71 bits per heavy atom. The highest BCUT2D eigenvalue weighted by Gasteiger charge is 2.08. The van der Waals surface area contributed by atoms with E-state index in [0.29, 0.717) is 17.9 Å². The largest absolute Gasteiger partial charge is 0.493 e. The Morgan fingerprint density at radius 1 is 1.29 bits per heavy atom. The number of carbonyl (C=O) groups is 1. The van der Waals surface area contributed by atoms with E-state index in [0.717, 1.165) is 0 Å². The molecule has 118 valence electrons. The van der Waals surface area contributed by atoms with Crippen molar-refractivity contribution in [1.29, 1.82) is 0 Å². The van der Waals surface area contributed by atoms with E-state index >= 15 is 0 Å². The molecule has 0 aromatic heterocycles. The molecular weight excluding hydrogens is 294 g/mol. The molecule has 6 nitrogen and oxygen atoms in total. The molecule has 2 N–H and O–H groups in total. The van der Waals surface area contributed by atoms with Crippen LogP contribution in [0.3, 0.4) is 0 Å². The highest BCUT2D eigenvalue weighted by atomic mass is 32.2. The molecule has 0 fully saturated rings. The molecule has 21 heavy (non-hydrogen) atoms. The fourth-order valence-corrected chi connectivity index (χ4v) is 2.38. The molecule has 0 radical (unpaired) electrons. The van der Waals surface area contributed by atoms with Gasteiger partial charge in [0.2, 0.25) is 0 Å². The number of sulfone groups is 1. The van der Waals surface area contributed by atoms with Gasteiger partial charge < -0.3 is 15.2 Å². The molecule has 0 heterocycles. The Kier molecular flexibility index (Phi) is 7.01. The monoisotopic (exact) mass is 315 g/mol. The summed E-state index contributed by atoms with van der Waals surface area (Å²) in [6.07, 6.45) is 0.424. The third kappa shape index (κ3) is 7.55. The number of rotatable bonds is 9. The van der Waals surface area contributed by atoms with Gasteiger partial charge in [-0.15, -0.1) is 0 Å². The lowest BCUT2D eigenvalue weighted by Gasteiger charge is -2.07. The van der Waals surface area contributed by atoms with Crippen molar-refractivity contribution in [2.24, 2.45) is 0 Å². The van der Waals surface area contributed by atoms with Gasteiger partial charge in [0.1, 0.15) is 15.6 Å². The van der Waals surface area contributed by atoms with Crippen molar-refractivity contribution in [2.75, 3.05) is 30.5 Å². The Balaban J connectivity index is 2.14. The van der Waals surface area contributed by atoms with E-state index in [2.05, 4.69) is 0 Å². The summed E-state index contributed by atoms with van der Waals surface area (Å²) < 4.78 is 32.8. The Morgan fingerprint density at radius 2 is 2.05 bits per heavy atom. The molecule has 1 aromatic rings. The van der Waals surface area contributed by atoms with Crippen LogP contribution in [0, 0.1) is 0 Å². The molecule has 1 aromatic carbocycles. The van der Waals surface area contributed by atoms with E-state index in [1.165, 1.54) is 0 Å². The summed E-state index contributed by atoms with van der Waals surface area (Å²) in [5.74, 6) is 0.329. The Labute approximate surface area is 125 Å². The zero-order valence-corrected chi connectivity index (χ0v) is 12.9. The average Bonchev–Trinajstić information content (AvgIpc) is 2.44. The van der Waals surface area contributed by atoms with Crippen LogP contribution >= 0.6 is 0 Å². The third-order valence-corrected chi connectivity index (χ3v) is 4.53. The number of benzene rings is 1. The molecule has 0 saturated heterocycles. The van der Waals surface area contributed by atoms with Crippen LogP contribution in [0.25, 0.3) is 0 Å². The summed E-state index contributed by atoms with van der Waals surface area (Å²) >= 11 is 0. The number of hydrogen-bond donors (Lipinski definition) is 1. The molecule has 0 atom stereocenters. The number of ether oxygens (including phenoxy) is 2. The molecule has 0 aliphatic carbocycles. The van der Waals surface area contributed by atoms with E-state index in [1.807, 2.05) is 0 Å². The van der Waals surface area contributed by atoms with Crippen LogP contribution in [0.4, 0.5) is 5.69 Å². The number of hydrogen-bond acceptors (Lipinski definition) is 6. The smallest absolute Gasteiger partial charge is 0.309 e. The fourth-order valence-electron chi connectivity index (χ4n) is 1.54. The molecule has 0 aliphatic heterocycles. The molecule has 0 saturated carbocycles. The van der Waals surface area contributed by atoms with Gasteiger partial charge in [-0.05, 0) is 18.6 Å². The van der Waals surface area contributed by atoms with Crippen molar-refractivity contribution >= 4 is 21.5 Å². The van der Waals surface area contributed by atoms with Gasteiger partial charge in [0.25, 0.3) is 0 Å². The predicted molar refractivity (Wildman–Crippen MR) is 80.9 cm³/mol. The van der Waals surface area contributed by atoms with Crippen molar-refractivity contribution in [3.05, 3.63) is 24.3 Å². The number of esters is 1. The lowest BCUT2D eigenvalue weighted by Crippen LogP contribution is -2.14. The second-order valence-electron chi connectivity index (χ2n) is 4.48. The maximum absolute atomic E-state index is 11.4. The first-order valence-electron chi connectivity index (χ1n) is 6.77. The minimum absolute atomic E-state index is 0.0383. The van der Waals surface area contributed by atoms with Crippen molar-refractivity contribution in [3.63, 3.8) is 0 Å². The summed E-state index contributed by atoms with van der Waals surface area (Å²) in [4.78, 5) is 11.4. The molecular formula is C14H21NO5S. The molecule has 0 aliphatic rings. The summed E-state index contributed by atoms with van der Waals surface area (Å²) in [5, 5.41) is 0. The maximum Gasteiger partial charge on any atom is 0.309 e. The molecule has 0 unspecified atom stereocenters. The summed E-state index contributed by atoms with van der Waals surface area (Å²) in [7, 11) is -3.00. The van der Waals surface area contributed by atoms with Gasteiger partial charge in [-0.3, -0.25) is 4.79 Å². The third-order valence-electron chi connectivity index (χ3n) is 2.74. The normalized spacial score (nSPS) is 11.1. The van der Waals surface area contributed by atoms with E-state index < -0.39 is 15.8 Å². The lowest BCUT2D eigenvalue weighted by molar-refractivity contribution is -0.144. The molecule has 0 bridgehead atoms. The maximum atomic E-state index is 11.4. The Bertz CT molecular complexity index is 556. The minimum Gasteiger partial charge on any atom is -0.493 e. The zero-order chi connectivity index (χ0) is 15.7. The number of carbonyl (C=O) groups excluding carboxylic acids is 1. The standard InChI is InChI=1S/C14H21NO5S/c1-2-21(17,18)10-4-8-20-14(16)7-9-19-13-6-3-5-12(15)11-13/h3,5-6,11H,2,4,7-10,15H2,1H3. The van der Waals surface area contributed by atoms with Gasteiger partial charge in [0, 0.05) is 17.5 Å². The van der Waals surface area contributed by atoms with Crippen LogP contribution in [0.2, 0.25) is 0 Å². The van der Waals surface area contributed by atoms with Gasteiger partial charge in [-0.2, -0.15) is 0 Å². The van der Waals surface area contributed by atoms with E-state index in [9.17, 15) is 13.2 Å². The van der Waals surface area contributed by atoms with Gasteiger partial charge >= 0.3 is 5.97 Å².